The van der Waals surface area contributed by atoms with Crippen LogP contribution in [0.4, 0.5) is 5.69 Å². The van der Waals surface area contributed by atoms with Gasteiger partial charge < -0.3 is 4.74 Å². The molecule has 1 atom stereocenters. The normalized spacial score (nSPS) is 17.0. The van der Waals surface area contributed by atoms with E-state index >= 15 is 0 Å². The Morgan fingerprint density at radius 2 is 1.80 bits per heavy atom. The third-order valence-corrected chi connectivity index (χ3v) is 5.03. The maximum Gasteiger partial charge on any atom is 0.339 e. The van der Waals surface area contributed by atoms with Gasteiger partial charge in [0.15, 0.2) is 0 Å². The lowest BCUT2D eigenvalue weighted by atomic mass is 10.2. The molecule has 3 rings (SSSR count). The number of carbonyl (C=O) groups excluding carboxylic acids is 3. The lowest BCUT2D eigenvalue weighted by Gasteiger charge is -2.15. The molecule has 1 heterocycles. The first kappa shape index (κ1) is 17.2. The molecular formula is C19H17NO4S. The summed E-state index contributed by atoms with van der Waals surface area (Å²) in [5, 5.41) is -0.553. The molecule has 0 aliphatic carbocycles. The van der Waals surface area contributed by atoms with Crippen molar-refractivity contribution in [3.8, 4) is 0 Å². The number of nitrogens with zero attached hydrogens (tertiary/aromatic N) is 1. The van der Waals surface area contributed by atoms with Gasteiger partial charge >= 0.3 is 5.97 Å². The van der Waals surface area contributed by atoms with Crippen molar-refractivity contribution in [3.63, 3.8) is 0 Å². The molecule has 2 aromatic carbocycles. The Bertz CT molecular complexity index is 806. The maximum atomic E-state index is 12.7. The van der Waals surface area contributed by atoms with E-state index in [9.17, 15) is 14.4 Å². The highest BCUT2D eigenvalue weighted by Crippen LogP contribution is 2.35. The van der Waals surface area contributed by atoms with Gasteiger partial charge in [-0.15, -0.1) is 11.8 Å². The van der Waals surface area contributed by atoms with Crippen molar-refractivity contribution in [2.24, 2.45) is 0 Å². The van der Waals surface area contributed by atoms with Gasteiger partial charge in [-0.1, -0.05) is 30.3 Å². The van der Waals surface area contributed by atoms with E-state index in [1.54, 1.807) is 55.5 Å². The van der Waals surface area contributed by atoms with Gasteiger partial charge in [-0.05, 0) is 31.2 Å². The number of anilines is 1. The first-order valence-corrected chi connectivity index (χ1v) is 8.84. The van der Waals surface area contributed by atoms with E-state index in [1.165, 1.54) is 16.7 Å². The molecule has 0 unspecified atom stereocenters. The lowest BCUT2D eigenvalue weighted by Crippen LogP contribution is -2.31. The standard InChI is InChI=1S/C19H17NO4S/c1-2-24-19(23)14-10-6-7-11-15(14)25-16-12-17(21)20(18(16)22)13-8-4-3-5-9-13/h3-11,16H,2,12H2,1H3/t16-/m0/s1. The van der Waals surface area contributed by atoms with Gasteiger partial charge in [-0.2, -0.15) is 0 Å². The third-order valence-electron chi connectivity index (χ3n) is 3.77. The average molecular weight is 355 g/mol. The minimum Gasteiger partial charge on any atom is -0.462 e. The Labute approximate surface area is 150 Å². The summed E-state index contributed by atoms with van der Waals surface area (Å²) < 4.78 is 5.06. The number of ether oxygens (including phenoxy) is 1. The highest BCUT2D eigenvalue weighted by molar-refractivity contribution is 8.00. The number of hydrogen-bond donors (Lipinski definition) is 0. The molecule has 128 valence electrons. The van der Waals surface area contributed by atoms with E-state index < -0.39 is 11.2 Å². The monoisotopic (exact) mass is 355 g/mol. The number of rotatable bonds is 5. The van der Waals surface area contributed by atoms with E-state index in [2.05, 4.69) is 0 Å². The second-order valence-electron chi connectivity index (χ2n) is 5.43. The van der Waals surface area contributed by atoms with E-state index in [1.807, 2.05) is 6.07 Å². The Morgan fingerprint density at radius 3 is 2.52 bits per heavy atom. The predicted molar refractivity (Wildman–Crippen MR) is 95.6 cm³/mol. The van der Waals surface area contributed by atoms with Crippen molar-refractivity contribution < 1.29 is 19.1 Å². The van der Waals surface area contributed by atoms with Crippen LogP contribution in [-0.2, 0) is 14.3 Å². The average Bonchev–Trinajstić information content (AvgIpc) is 2.90. The van der Waals surface area contributed by atoms with Crippen LogP contribution >= 0.6 is 11.8 Å². The van der Waals surface area contributed by atoms with Crippen molar-refractivity contribution in [2.75, 3.05) is 11.5 Å². The Hall–Kier alpha value is -2.60. The van der Waals surface area contributed by atoms with Crippen LogP contribution in [-0.4, -0.2) is 29.6 Å². The minimum atomic E-state index is -0.553. The summed E-state index contributed by atoms with van der Waals surface area (Å²) in [5.74, 6) is -0.926. The lowest BCUT2D eigenvalue weighted by molar-refractivity contribution is -0.121. The molecule has 0 spiro atoms. The summed E-state index contributed by atoms with van der Waals surface area (Å²) in [6, 6.07) is 15.8. The van der Waals surface area contributed by atoms with E-state index in [-0.39, 0.29) is 24.8 Å². The summed E-state index contributed by atoms with van der Waals surface area (Å²) in [7, 11) is 0. The number of amides is 2. The molecule has 2 amide bonds. The summed E-state index contributed by atoms with van der Waals surface area (Å²) >= 11 is 1.23. The molecule has 5 nitrogen and oxygen atoms in total. The highest BCUT2D eigenvalue weighted by Gasteiger charge is 2.40. The molecule has 1 fully saturated rings. The fraction of sp³-hybridized carbons (Fsp3) is 0.211. The van der Waals surface area contributed by atoms with Crippen molar-refractivity contribution >= 4 is 35.2 Å². The quantitative estimate of drug-likeness (QED) is 0.608. The van der Waals surface area contributed by atoms with Crippen molar-refractivity contribution in [1.29, 1.82) is 0 Å². The molecule has 0 bridgehead atoms. The Balaban J connectivity index is 1.82. The van der Waals surface area contributed by atoms with Crippen LogP contribution in [0.15, 0.2) is 59.5 Å². The van der Waals surface area contributed by atoms with Gasteiger partial charge in [-0.25, -0.2) is 9.69 Å². The first-order valence-electron chi connectivity index (χ1n) is 7.96. The number of hydrogen-bond acceptors (Lipinski definition) is 5. The molecule has 1 aliphatic heterocycles. The van der Waals surface area contributed by atoms with Crippen LogP contribution in [0.25, 0.3) is 0 Å². The molecule has 0 saturated carbocycles. The Kier molecular flexibility index (Phi) is 5.19. The number of para-hydroxylation sites is 1. The van der Waals surface area contributed by atoms with E-state index in [0.717, 1.165) is 0 Å². The van der Waals surface area contributed by atoms with Gasteiger partial charge in [-0.3, -0.25) is 9.59 Å². The topological polar surface area (TPSA) is 63.7 Å². The largest absolute Gasteiger partial charge is 0.462 e. The van der Waals surface area contributed by atoms with Crippen LogP contribution in [0.1, 0.15) is 23.7 Å². The summed E-state index contributed by atoms with van der Waals surface area (Å²) in [4.78, 5) is 38.9. The van der Waals surface area contributed by atoms with Crippen LogP contribution in [0, 0.1) is 0 Å². The highest BCUT2D eigenvalue weighted by atomic mass is 32.2. The fourth-order valence-electron chi connectivity index (χ4n) is 2.64. The van der Waals surface area contributed by atoms with Gasteiger partial charge in [0.25, 0.3) is 0 Å². The van der Waals surface area contributed by atoms with Gasteiger partial charge in [0, 0.05) is 11.3 Å². The van der Waals surface area contributed by atoms with Crippen LogP contribution < -0.4 is 4.90 Å². The number of imide groups is 1. The molecule has 1 saturated heterocycles. The van der Waals surface area contributed by atoms with Gasteiger partial charge in [0.2, 0.25) is 11.8 Å². The number of thioether (sulfide) groups is 1. The van der Waals surface area contributed by atoms with E-state index in [4.69, 9.17) is 4.74 Å². The second-order valence-corrected chi connectivity index (χ2v) is 6.67. The molecule has 25 heavy (non-hydrogen) atoms. The smallest absolute Gasteiger partial charge is 0.339 e. The minimum absolute atomic E-state index is 0.107. The van der Waals surface area contributed by atoms with Gasteiger partial charge in [0.1, 0.15) is 0 Å². The third kappa shape index (κ3) is 3.58. The number of carbonyl (C=O) groups is 3. The van der Waals surface area contributed by atoms with Crippen LogP contribution in [0.2, 0.25) is 0 Å². The fourth-order valence-corrected chi connectivity index (χ4v) is 3.82. The molecule has 0 N–H and O–H groups in total. The first-order chi connectivity index (χ1) is 12.1. The zero-order chi connectivity index (χ0) is 17.8. The summed E-state index contributed by atoms with van der Waals surface area (Å²) in [6.07, 6.45) is 0.107. The maximum absolute atomic E-state index is 12.7. The van der Waals surface area contributed by atoms with Crippen molar-refractivity contribution in [2.45, 2.75) is 23.5 Å². The SMILES string of the molecule is CCOC(=O)c1ccccc1S[C@H]1CC(=O)N(c2ccccc2)C1=O. The van der Waals surface area contributed by atoms with E-state index in [0.29, 0.717) is 16.1 Å². The summed E-state index contributed by atoms with van der Waals surface area (Å²) in [6.45, 7) is 2.02. The predicted octanol–water partition coefficient (Wildman–Crippen LogP) is 3.29. The molecule has 6 heteroatoms. The zero-order valence-electron chi connectivity index (χ0n) is 13.7. The molecular weight excluding hydrogens is 338 g/mol. The second kappa shape index (κ2) is 7.53. The van der Waals surface area contributed by atoms with Crippen LogP contribution in [0.3, 0.4) is 0 Å². The number of esters is 1. The molecule has 1 aliphatic rings. The molecule has 0 radical (unpaired) electrons. The van der Waals surface area contributed by atoms with Gasteiger partial charge in [0.05, 0.1) is 23.1 Å². The summed E-state index contributed by atoms with van der Waals surface area (Å²) in [5.41, 5.74) is 0.979. The van der Waals surface area contributed by atoms with Crippen molar-refractivity contribution in [1.82, 2.24) is 0 Å². The zero-order valence-corrected chi connectivity index (χ0v) is 14.5. The number of benzene rings is 2. The van der Waals surface area contributed by atoms with Crippen LogP contribution in [0.5, 0.6) is 0 Å². The van der Waals surface area contributed by atoms with Crippen molar-refractivity contribution in [3.05, 3.63) is 60.2 Å². The Morgan fingerprint density at radius 1 is 1.12 bits per heavy atom. The molecule has 0 aromatic heterocycles. The molecule has 2 aromatic rings.